The summed E-state index contributed by atoms with van der Waals surface area (Å²) < 4.78 is 24.9. The summed E-state index contributed by atoms with van der Waals surface area (Å²) in [4.78, 5) is 12.2. The van der Waals surface area contributed by atoms with E-state index in [1.165, 1.54) is 23.1 Å². The second-order valence-corrected chi connectivity index (χ2v) is 3.70. The van der Waals surface area contributed by atoms with Gasteiger partial charge >= 0.3 is 0 Å². The van der Waals surface area contributed by atoms with E-state index in [2.05, 4.69) is 0 Å². The first-order valence-corrected chi connectivity index (χ1v) is 5.29. The van der Waals surface area contributed by atoms with Crippen molar-refractivity contribution < 1.29 is 18.7 Å². The van der Waals surface area contributed by atoms with Crippen LogP contribution in [0, 0.1) is 0 Å². The minimum Gasteiger partial charge on any atom is -0.397 e. The highest BCUT2D eigenvalue weighted by Gasteiger charge is 2.16. The maximum atomic E-state index is 12.4. The number of aliphatic hydroxyl groups is 1. The third-order valence-electron chi connectivity index (χ3n) is 2.38. The first kappa shape index (κ1) is 14.2. The summed E-state index contributed by atoms with van der Waals surface area (Å²) in [6.45, 7) is -0.878. The SMILES string of the molecule is NC(=O)c1ccc(N)c(N(CCO)CC(F)F)c1. The second kappa shape index (κ2) is 6.15. The molecule has 0 unspecified atom stereocenters. The van der Waals surface area contributed by atoms with E-state index in [-0.39, 0.29) is 30.1 Å². The van der Waals surface area contributed by atoms with Crippen molar-refractivity contribution in [2.24, 2.45) is 5.73 Å². The van der Waals surface area contributed by atoms with Crippen LogP contribution in [-0.2, 0) is 0 Å². The Hall–Kier alpha value is -1.89. The topological polar surface area (TPSA) is 92.6 Å². The Kier molecular flexibility index (Phi) is 4.85. The van der Waals surface area contributed by atoms with Gasteiger partial charge in [-0.1, -0.05) is 0 Å². The van der Waals surface area contributed by atoms with Gasteiger partial charge in [0.05, 0.1) is 24.5 Å². The van der Waals surface area contributed by atoms with E-state index < -0.39 is 18.9 Å². The molecule has 1 aromatic carbocycles. The molecule has 5 N–H and O–H groups in total. The normalized spacial score (nSPS) is 10.7. The molecule has 7 heteroatoms. The van der Waals surface area contributed by atoms with Crippen molar-refractivity contribution in [3.63, 3.8) is 0 Å². The molecular weight excluding hydrogens is 244 g/mol. The molecular formula is C11H15F2N3O2. The van der Waals surface area contributed by atoms with Crippen LogP contribution in [0.15, 0.2) is 18.2 Å². The smallest absolute Gasteiger partial charge is 0.255 e. The number of carbonyl (C=O) groups excluding carboxylic acids is 1. The Morgan fingerprint density at radius 1 is 1.44 bits per heavy atom. The number of halogens is 2. The van der Waals surface area contributed by atoms with Gasteiger partial charge in [-0.25, -0.2) is 8.78 Å². The second-order valence-electron chi connectivity index (χ2n) is 3.70. The zero-order chi connectivity index (χ0) is 13.7. The highest BCUT2D eigenvalue weighted by atomic mass is 19.3. The fourth-order valence-corrected chi connectivity index (χ4v) is 1.57. The number of hydrogen-bond acceptors (Lipinski definition) is 4. The van der Waals surface area contributed by atoms with Crippen LogP contribution in [0.25, 0.3) is 0 Å². The summed E-state index contributed by atoms with van der Waals surface area (Å²) >= 11 is 0. The van der Waals surface area contributed by atoms with E-state index >= 15 is 0 Å². The van der Waals surface area contributed by atoms with Gasteiger partial charge in [0, 0.05) is 12.1 Å². The maximum Gasteiger partial charge on any atom is 0.255 e. The van der Waals surface area contributed by atoms with Gasteiger partial charge in [0.1, 0.15) is 0 Å². The van der Waals surface area contributed by atoms with Crippen LogP contribution < -0.4 is 16.4 Å². The molecule has 0 fully saturated rings. The van der Waals surface area contributed by atoms with Crippen LogP contribution >= 0.6 is 0 Å². The minimum atomic E-state index is -2.58. The van der Waals surface area contributed by atoms with Crippen LogP contribution in [0.3, 0.4) is 0 Å². The molecule has 18 heavy (non-hydrogen) atoms. The molecule has 1 amide bonds. The van der Waals surface area contributed by atoms with Gasteiger partial charge in [-0.05, 0) is 18.2 Å². The van der Waals surface area contributed by atoms with Crippen molar-refractivity contribution in [3.05, 3.63) is 23.8 Å². The first-order chi connectivity index (χ1) is 8.45. The molecule has 1 aromatic rings. The van der Waals surface area contributed by atoms with Gasteiger partial charge in [-0.3, -0.25) is 4.79 Å². The van der Waals surface area contributed by atoms with Gasteiger partial charge in [-0.2, -0.15) is 0 Å². The van der Waals surface area contributed by atoms with Crippen LogP contribution in [0.5, 0.6) is 0 Å². The maximum absolute atomic E-state index is 12.4. The Morgan fingerprint density at radius 3 is 2.61 bits per heavy atom. The first-order valence-electron chi connectivity index (χ1n) is 5.29. The number of aliphatic hydroxyl groups excluding tert-OH is 1. The van der Waals surface area contributed by atoms with Crippen LogP contribution in [0.4, 0.5) is 20.2 Å². The Morgan fingerprint density at radius 2 is 2.11 bits per heavy atom. The van der Waals surface area contributed by atoms with Gasteiger partial charge in [0.2, 0.25) is 5.91 Å². The molecule has 0 heterocycles. The monoisotopic (exact) mass is 259 g/mol. The summed E-state index contributed by atoms with van der Waals surface area (Å²) in [5.41, 5.74) is 11.5. The molecule has 0 spiro atoms. The van der Waals surface area contributed by atoms with Crippen LogP contribution in [0.1, 0.15) is 10.4 Å². The average Bonchev–Trinajstić information content (AvgIpc) is 2.28. The van der Waals surface area contributed by atoms with Gasteiger partial charge < -0.3 is 21.5 Å². The summed E-state index contributed by atoms with van der Waals surface area (Å²) in [7, 11) is 0. The average molecular weight is 259 g/mol. The molecule has 0 bridgehead atoms. The lowest BCUT2D eigenvalue weighted by Gasteiger charge is -2.25. The number of primary amides is 1. The molecule has 0 aliphatic heterocycles. The number of anilines is 2. The van der Waals surface area contributed by atoms with Crippen molar-refractivity contribution in [2.45, 2.75) is 6.43 Å². The third kappa shape index (κ3) is 3.56. The molecule has 1 rings (SSSR count). The Labute approximate surface area is 103 Å². The number of carbonyl (C=O) groups is 1. The zero-order valence-corrected chi connectivity index (χ0v) is 9.64. The lowest BCUT2D eigenvalue weighted by molar-refractivity contribution is 0.100. The van der Waals surface area contributed by atoms with E-state index in [1.807, 2.05) is 0 Å². The van der Waals surface area contributed by atoms with E-state index in [9.17, 15) is 13.6 Å². The Balaban J connectivity index is 3.09. The largest absolute Gasteiger partial charge is 0.397 e. The van der Waals surface area contributed by atoms with E-state index in [1.54, 1.807) is 0 Å². The molecule has 0 aliphatic carbocycles. The van der Waals surface area contributed by atoms with E-state index in [0.29, 0.717) is 0 Å². The number of hydrogen-bond donors (Lipinski definition) is 3. The summed E-state index contributed by atoms with van der Waals surface area (Å²) in [5.74, 6) is -0.669. The molecule has 0 aliphatic rings. The van der Waals surface area contributed by atoms with Crippen LogP contribution in [-0.4, -0.2) is 37.1 Å². The summed E-state index contributed by atoms with van der Waals surface area (Å²) in [6.07, 6.45) is -2.58. The van der Waals surface area contributed by atoms with E-state index in [4.69, 9.17) is 16.6 Å². The number of nitrogen functional groups attached to an aromatic ring is 1. The number of nitrogens with zero attached hydrogens (tertiary/aromatic N) is 1. The number of rotatable bonds is 6. The standard InChI is InChI=1S/C11H15F2N3O2/c12-10(13)6-16(3-4-17)9-5-7(11(15)18)1-2-8(9)14/h1-2,5,10,17H,3-4,6,14H2,(H2,15,18). The van der Waals surface area contributed by atoms with Crippen molar-refractivity contribution in [2.75, 3.05) is 30.3 Å². The van der Waals surface area contributed by atoms with Crippen molar-refractivity contribution in [3.8, 4) is 0 Å². The molecule has 0 saturated carbocycles. The van der Waals surface area contributed by atoms with E-state index in [0.717, 1.165) is 0 Å². The van der Waals surface area contributed by atoms with Gasteiger partial charge in [0.25, 0.3) is 6.43 Å². The number of benzene rings is 1. The predicted molar refractivity (Wildman–Crippen MR) is 64.7 cm³/mol. The van der Waals surface area contributed by atoms with Crippen molar-refractivity contribution in [1.29, 1.82) is 0 Å². The molecule has 100 valence electrons. The fourth-order valence-electron chi connectivity index (χ4n) is 1.57. The van der Waals surface area contributed by atoms with Crippen LogP contribution in [0.2, 0.25) is 0 Å². The molecule has 0 saturated heterocycles. The van der Waals surface area contributed by atoms with Gasteiger partial charge in [0.15, 0.2) is 0 Å². The minimum absolute atomic E-state index is 0.00322. The quantitative estimate of drug-likeness (QED) is 0.646. The lowest BCUT2D eigenvalue weighted by atomic mass is 10.1. The van der Waals surface area contributed by atoms with Gasteiger partial charge in [-0.15, -0.1) is 0 Å². The molecule has 0 aromatic heterocycles. The highest BCUT2D eigenvalue weighted by Crippen LogP contribution is 2.25. The highest BCUT2D eigenvalue weighted by molar-refractivity contribution is 5.95. The lowest BCUT2D eigenvalue weighted by Crippen LogP contribution is -2.32. The molecule has 0 atom stereocenters. The predicted octanol–water partition coefficient (Wildman–Crippen LogP) is 0.431. The fraction of sp³-hybridized carbons (Fsp3) is 0.364. The summed E-state index contributed by atoms with van der Waals surface area (Å²) in [6, 6.07) is 4.18. The summed E-state index contributed by atoms with van der Waals surface area (Å²) in [5, 5.41) is 8.86. The van der Waals surface area contributed by atoms with Crippen molar-refractivity contribution >= 4 is 17.3 Å². The zero-order valence-electron chi connectivity index (χ0n) is 9.64. The number of nitrogens with two attached hydrogens (primary N) is 2. The number of alkyl halides is 2. The molecule has 0 radical (unpaired) electrons. The molecule has 5 nitrogen and oxygen atoms in total. The number of amides is 1. The third-order valence-corrected chi connectivity index (χ3v) is 2.38. The van der Waals surface area contributed by atoms with Crippen molar-refractivity contribution in [1.82, 2.24) is 0 Å². The Bertz CT molecular complexity index is 427.